The van der Waals surface area contributed by atoms with Gasteiger partial charge in [-0.2, -0.15) is 0 Å². The first-order valence-electron chi connectivity index (χ1n) is 9.93. The van der Waals surface area contributed by atoms with Crippen LogP contribution in [0.2, 0.25) is 0 Å². The molecule has 2 heterocycles. The van der Waals surface area contributed by atoms with Crippen molar-refractivity contribution in [3.8, 4) is 0 Å². The molecule has 2 aromatic heterocycles. The molecule has 2 aromatic rings. The van der Waals surface area contributed by atoms with Crippen LogP contribution >= 0.6 is 23.1 Å². The van der Waals surface area contributed by atoms with Gasteiger partial charge in [-0.15, -0.1) is 11.8 Å². The van der Waals surface area contributed by atoms with Crippen LogP contribution in [0.25, 0.3) is 0 Å². The fraction of sp³-hybridized carbons (Fsp3) is 0.600. The second-order valence-electron chi connectivity index (χ2n) is 7.83. The van der Waals surface area contributed by atoms with E-state index in [1.54, 1.807) is 24.2 Å². The van der Waals surface area contributed by atoms with Crippen LogP contribution in [0.1, 0.15) is 70.9 Å². The van der Waals surface area contributed by atoms with E-state index < -0.39 is 0 Å². The van der Waals surface area contributed by atoms with E-state index in [1.165, 1.54) is 18.4 Å². The molecule has 10 heteroatoms. The van der Waals surface area contributed by atoms with Gasteiger partial charge in [-0.1, -0.05) is 44.9 Å². The monoisotopic (exact) mass is 454 g/mol. The number of unbranched alkanes of at least 4 members (excludes halogenated alkanes) is 3. The van der Waals surface area contributed by atoms with Crippen molar-refractivity contribution in [1.82, 2.24) is 15.4 Å². The number of thiazole rings is 1. The third-order valence-corrected chi connectivity index (χ3v) is 6.23. The van der Waals surface area contributed by atoms with Crippen LogP contribution in [0, 0.1) is 0 Å². The molecule has 0 aromatic carbocycles. The molecule has 0 spiro atoms. The van der Waals surface area contributed by atoms with Gasteiger partial charge in [0, 0.05) is 18.3 Å². The van der Waals surface area contributed by atoms with Gasteiger partial charge < -0.3 is 9.73 Å². The lowest BCUT2D eigenvalue weighted by molar-refractivity contribution is -0.131. The highest BCUT2D eigenvalue weighted by Crippen LogP contribution is 2.31. The Labute approximate surface area is 185 Å². The van der Waals surface area contributed by atoms with Crippen molar-refractivity contribution in [2.45, 2.75) is 74.7 Å². The zero-order chi connectivity index (χ0) is 22.0. The van der Waals surface area contributed by atoms with Gasteiger partial charge in [0.25, 0.3) is 0 Å². The topological polar surface area (TPSA) is 106 Å². The predicted octanol–water partition coefficient (Wildman–Crippen LogP) is 4.68. The SMILES string of the molecule is CONC(=O)CCCCCCC(=O)Nc1ncc(SCc2ncc(C(C)(C)C)o2)s1. The first-order valence-corrected chi connectivity index (χ1v) is 11.7. The van der Waals surface area contributed by atoms with Crippen LogP contribution < -0.4 is 10.8 Å². The Kier molecular flexibility index (Phi) is 9.80. The van der Waals surface area contributed by atoms with E-state index >= 15 is 0 Å². The molecule has 0 fully saturated rings. The van der Waals surface area contributed by atoms with E-state index in [9.17, 15) is 9.59 Å². The fourth-order valence-electron chi connectivity index (χ4n) is 2.51. The van der Waals surface area contributed by atoms with Crippen molar-refractivity contribution in [2.24, 2.45) is 0 Å². The minimum atomic E-state index is -0.120. The molecule has 2 amide bonds. The molecule has 0 unspecified atom stereocenters. The average molecular weight is 455 g/mol. The summed E-state index contributed by atoms with van der Waals surface area (Å²) in [5.74, 6) is 2.01. The molecule has 30 heavy (non-hydrogen) atoms. The molecular weight excluding hydrogens is 424 g/mol. The van der Waals surface area contributed by atoms with E-state index in [1.807, 2.05) is 0 Å². The van der Waals surface area contributed by atoms with Gasteiger partial charge in [0.2, 0.25) is 17.7 Å². The highest BCUT2D eigenvalue weighted by atomic mass is 32.2. The number of nitrogens with zero attached hydrogens (tertiary/aromatic N) is 2. The summed E-state index contributed by atoms with van der Waals surface area (Å²) in [5, 5.41) is 3.44. The minimum Gasteiger partial charge on any atom is -0.444 e. The van der Waals surface area contributed by atoms with Crippen LogP contribution in [0.4, 0.5) is 5.13 Å². The Balaban J connectivity index is 1.63. The number of hydrogen-bond acceptors (Lipinski definition) is 8. The molecule has 0 radical (unpaired) electrons. The van der Waals surface area contributed by atoms with Crippen LogP contribution in [0.3, 0.4) is 0 Å². The number of amides is 2. The zero-order valence-electron chi connectivity index (χ0n) is 17.9. The third-order valence-electron chi connectivity index (χ3n) is 4.14. The van der Waals surface area contributed by atoms with Crippen molar-refractivity contribution in [3.63, 3.8) is 0 Å². The normalized spacial score (nSPS) is 11.5. The van der Waals surface area contributed by atoms with Crippen LogP contribution in [0.5, 0.6) is 0 Å². The van der Waals surface area contributed by atoms with E-state index in [0.717, 1.165) is 35.7 Å². The fourth-order valence-corrected chi connectivity index (χ4v) is 4.25. The summed E-state index contributed by atoms with van der Waals surface area (Å²) in [6, 6.07) is 0. The number of carbonyl (C=O) groups is 2. The largest absolute Gasteiger partial charge is 0.444 e. The molecule has 0 aliphatic rings. The minimum absolute atomic E-state index is 0.0412. The van der Waals surface area contributed by atoms with E-state index in [4.69, 9.17) is 4.42 Å². The number of aromatic nitrogens is 2. The second kappa shape index (κ2) is 12.1. The molecule has 0 atom stereocenters. The Hall–Kier alpha value is -1.91. The molecule has 0 aliphatic heterocycles. The summed E-state index contributed by atoms with van der Waals surface area (Å²) < 4.78 is 6.79. The number of carbonyl (C=O) groups excluding carboxylic acids is 2. The van der Waals surface area contributed by atoms with Crippen molar-refractivity contribution in [2.75, 3.05) is 12.4 Å². The molecule has 2 rings (SSSR count). The maximum atomic E-state index is 12.1. The first-order chi connectivity index (χ1) is 14.3. The lowest BCUT2D eigenvalue weighted by Gasteiger charge is -2.12. The molecule has 0 saturated carbocycles. The first kappa shape index (κ1) is 24.4. The summed E-state index contributed by atoms with van der Waals surface area (Å²) in [4.78, 5) is 36.5. The van der Waals surface area contributed by atoms with E-state index in [-0.39, 0.29) is 17.2 Å². The molecule has 0 saturated heterocycles. The van der Waals surface area contributed by atoms with Gasteiger partial charge >= 0.3 is 0 Å². The number of hydrogen-bond donors (Lipinski definition) is 2. The van der Waals surface area contributed by atoms with Crippen molar-refractivity contribution in [1.29, 1.82) is 0 Å². The van der Waals surface area contributed by atoms with Crippen LogP contribution in [0.15, 0.2) is 21.0 Å². The number of oxazole rings is 1. The lowest BCUT2D eigenvalue weighted by Crippen LogP contribution is -2.21. The van der Waals surface area contributed by atoms with Gasteiger partial charge in [0.1, 0.15) is 5.76 Å². The molecule has 0 aliphatic carbocycles. The van der Waals surface area contributed by atoms with Gasteiger partial charge in [-0.3, -0.25) is 14.4 Å². The Bertz CT molecular complexity index is 814. The maximum Gasteiger partial charge on any atom is 0.243 e. The molecule has 166 valence electrons. The molecule has 0 bridgehead atoms. The third kappa shape index (κ3) is 8.85. The van der Waals surface area contributed by atoms with Crippen molar-refractivity contribution in [3.05, 3.63) is 24.0 Å². The summed E-state index contributed by atoms with van der Waals surface area (Å²) in [7, 11) is 1.42. The molecular formula is C20H30N4O4S2. The highest BCUT2D eigenvalue weighted by molar-refractivity contribution is 8.00. The Morgan fingerprint density at radius 1 is 1.10 bits per heavy atom. The van der Waals surface area contributed by atoms with Gasteiger partial charge in [-0.05, 0) is 12.8 Å². The second-order valence-corrected chi connectivity index (χ2v) is 10.1. The summed E-state index contributed by atoms with van der Waals surface area (Å²) >= 11 is 3.03. The summed E-state index contributed by atoms with van der Waals surface area (Å²) in [6.07, 6.45) is 7.78. The number of rotatable bonds is 12. The highest BCUT2D eigenvalue weighted by Gasteiger charge is 2.19. The van der Waals surface area contributed by atoms with Crippen molar-refractivity contribution < 1.29 is 18.8 Å². The Morgan fingerprint density at radius 2 is 1.80 bits per heavy atom. The standard InChI is InChI=1S/C20H30N4O4S2/c1-20(2,3)14-11-21-17(28-14)13-29-18-12-22-19(30-18)23-15(25)9-7-5-6-8-10-16(26)24-27-4/h11-12H,5-10,13H2,1-4H3,(H,24,26)(H,22,23,25). The average Bonchev–Trinajstić information content (AvgIpc) is 3.32. The van der Waals surface area contributed by atoms with Gasteiger partial charge in [0.15, 0.2) is 5.13 Å². The van der Waals surface area contributed by atoms with Crippen molar-refractivity contribution >= 4 is 40.0 Å². The number of hydroxylamine groups is 1. The maximum absolute atomic E-state index is 12.1. The van der Waals surface area contributed by atoms with E-state index in [0.29, 0.717) is 29.6 Å². The van der Waals surface area contributed by atoms with Crippen LogP contribution in [-0.2, 0) is 25.6 Å². The van der Waals surface area contributed by atoms with Gasteiger partial charge in [0.05, 0.1) is 29.5 Å². The van der Waals surface area contributed by atoms with Crippen LogP contribution in [-0.4, -0.2) is 28.9 Å². The van der Waals surface area contributed by atoms with E-state index in [2.05, 4.69) is 46.4 Å². The zero-order valence-corrected chi connectivity index (χ0v) is 19.6. The molecule has 8 nitrogen and oxygen atoms in total. The quantitative estimate of drug-likeness (QED) is 0.272. The Morgan fingerprint density at radius 3 is 2.43 bits per heavy atom. The summed E-state index contributed by atoms with van der Waals surface area (Å²) in [6.45, 7) is 6.26. The predicted molar refractivity (Wildman–Crippen MR) is 118 cm³/mol. The number of nitrogens with one attached hydrogen (secondary N) is 2. The smallest absolute Gasteiger partial charge is 0.243 e. The molecule has 2 N–H and O–H groups in total. The number of thioether (sulfide) groups is 1. The lowest BCUT2D eigenvalue weighted by atomic mass is 9.94. The van der Waals surface area contributed by atoms with Gasteiger partial charge in [-0.25, -0.2) is 15.4 Å². The number of anilines is 1. The summed E-state index contributed by atoms with van der Waals surface area (Å²) in [5.41, 5.74) is 2.23.